The summed E-state index contributed by atoms with van der Waals surface area (Å²) in [5, 5.41) is 1.27. The summed E-state index contributed by atoms with van der Waals surface area (Å²) in [4.78, 5) is 14.2. The number of ether oxygens (including phenoxy) is 2. The molecule has 3 rings (SSSR count). The first-order chi connectivity index (χ1) is 8.69. The fourth-order valence-corrected chi connectivity index (χ4v) is 2.93. The molecular formula is C12H11BrClNO3. The van der Waals surface area contributed by atoms with Gasteiger partial charge < -0.3 is 14.4 Å². The van der Waals surface area contributed by atoms with E-state index in [1.54, 1.807) is 23.1 Å². The maximum absolute atomic E-state index is 12.5. The molecule has 0 unspecified atom stereocenters. The van der Waals surface area contributed by atoms with Crippen LogP contribution in [-0.2, 0) is 20.1 Å². The minimum Gasteiger partial charge on any atom is -0.336 e. The number of fused-ring (bicyclic) bond motifs is 2. The van der Waals surface area contributed by atoms with Crippen LogP contribution in [0.25, 0.3) is 0 Å². The highest BCUT2D eigenvalue weighted by atomic mass is 79.9. The zero-order chi connectivity index (χ0) is 12.8. The van der Waals surface area contributed by atoms with E-state index in [1.807, 2.05) is 0 Å². The fourth-order valence-electron chi connectivity index (χ4n) is 2.41. The van der Waals surface area contributed by atoms with Crippen molar-refractivity contribution in [2.45, 2.75) is 5.79 Å². The molecule has 0 aromatic heterocycles. The number of benzene rings is 1. The first-order valence-corrected chi connectivity index (χ1v) is 7.15. The van der Waals surface area contributed by atoms with Crippen LogP contribution < -0.4 is 4.90 Å². The maximum Gasteiger partial charge on any atom is 0.292 e. The number of anilines is 1. The molecule has 1 aromatic rings. The summed E-state index contributed by atoms with van der Waals surface area (Å²) >= 11 is 9.35. The average molecular weight is 333 g/mol. The van der Waals surface area contributed by atoms with E-state index >= 15 is 0 Å². The van der Waals surface area contributed by atoms with Crippen LogP contribution >= 0.6 is 27.5 Å². The van der Waals surface area contributed by atoms with Crippen LogP contribution in [0, 0.1) is 0 Å². The molecule has 18 heavy (non-hydrogen) atoms. The summed E-state index contributed by atoms with van der Waals surface area (Å²) in [6.07, 6.45) is 0. The number of hydrogen-bond acceptors (Lipinski definition) is 3. The lowest BCUT2D eigenvalue weighted by Gasteiger charge is -2.21. The van der Waals surface area contributed by atoms with Crippen LogP contribution in [0.5, 0.6) is 0 Å². The standard InChI is InChI=1S/C12H11BrClNO3/c13-3-4-15-10-7-8(14)1-2-9(10)12(11(15)16)17-5-6-18-12/h1-2,7H,3-6H2. The molecule has 96 valence electrons. The second kappa shape index (κ2) is 4.49. The third-order valence-electron chi connectivity index (χ3n) is 3.13. The van der Waals surface area contributed by atoms with Crippen LogP contribution in [0.3, 0.4) is 0 Å². The normalized spacial score (nSPS) is 20.8. The molecule has 1 aromatic carbocycles. The number of nitrogens with zero attached hydrogens (tertiary/aromatic N) is 1. The number of hydrogen-bond donors (Lipinski definition) is 0. The Kier molecular flexibility index (Phi) is 3.10. The quantitative estimate of drug-likeness (QED) is 0.780. The van der Waals surface area contributed by atoms with Gasteiger partial charge in [-0.25, -0.2) is 0 Å². The average Bonchev–Trinajstić information content (AvgIpc) is 2.92. The minimum atomic E-state index is -1.25. The Hall–Kier alpha value is -0.620. The molecule has 4 nitrogen and oxygen atoms in total. The number of carbonyl (C=O) groups is 1. The van der Waals surface area contributed by atoms with Crippen molar-refractivity contribution in [2.24, 2.45) is 0 Å². The highest BCUT2D eigenvalue weighted by molar-refractivity contribution is 9.09. The lowest BCUT2D eigenvalue weighted by atomic mass is 10.1. The largest absolute Gasteiger partial charge is 0.336 e. The molecule has 6 heteroatoms. The molecule has 1 spiro atoms. The van der Waals surface area contributed by atoms with Crippen LogP contribution in [-0.4, -0.2) is 31.0 Å². The Balaban J connectivity index is 2.14. The fraction of sp³-hybridized carbons (Fsp3) is 0.417. The van der Waals surface area contributed by atoms with Crippen LogP contribution in [0.15, 0.2) is 18.2 Å². The van der Waals surface area contributed by atoms with Gasteiger partial charge in [0.05, 0.1) is 18.9 Å². The van der Waals surface area contributed by atoms with E-state index in [1.165, 1.54) is 0 Å². The van der Waals surface area contributed by atoms with Gasteiger partial charge in [0.15, 0.2) is 0 Å². The Morgan fingerprint density at radius 3 is 2.78 bits per heavy atom. The summed E-state index contributed by atoms with van der Waals surface area (Å²) in [5.41, 5.74) is 1.52. The molecule has 0 atom stereocenters. The molecule has 2 aliphatic heterocycles. The number of amides is 1. The third kappa shape index (κ3) is 1.61. The van der Waals surface area contributed by atoms with Gasteiger partial charge in [-0.1, -0.05) is 27.5 Å². The highest BCUT2D eigenvalue weighted by Crippen LogP contribution is 2.46. The van der Waals surface area contributed by atoms with E-state index in [0.717, 1.165) is 11.3 Å². The van der Waals surface area contributed by atoms with E-state index in [0.29, 0.717) is 30.1 Å². The number of halogens is 2. The predicted molar refractivity (Wildman–Crippen MR) is 71.2 cm³/mol. The van der Waals surface area contributed by atoms with Crippen molar-refractivity contribution in [2.75, 3.05) is 30.0 Å². The predicted octanol–water partition coefficient (Wildman–Crippen LogP) is 2.28. The van der Waals surface area contributed by atoms with Crippen molar-refractivity contribution in [1.82, 2.24) is 0 Å². The van der Waals surface area contributed by atoms with Gasteiger partial charge in [-0.3, -0.25) is 4.79 Å². The van der Waals surface area contributed by atoms with Gasteiger partial charge in [0.1, 0.15) is 0 Å². The molecule has 0 radical (unpaired) electrons. The highest BCUT2D eigenvalue weighted by Gasteiger charge is 2.55. The van der Waals surface area contributed by atoms with Crippen molar-refractivity contribution in [3.63, 3.8) is 0 Å². The van der Waals surface area contributed by atoms with Gasteiger partial charge in [-0.2, -0.15) is 0 Å². The van der Waals surface area contributed by atoms with Crippen LogP contribution in [0.1, 0.15) is 5.56 Å². The SMILES string of the molecule is O=C1N(CCBr)c2cc(Cl)ccc2C12OCCO2. The zero-order valence-corrected chi connectivity index (χ0v) is 11.8. The number of alkyl halides is 1. The Labute approximate surface area is 118 Å². The molecule has 0 N–H and O–H groups in total. The lowest BCUT2D eigenvalue weighted by molar-refractivity contribution is -0.180. The molecule has 0 bridgehead atoms. The monoisotopic (exact) mass is 331 g/mol. The topological polar surface area (TPSA) is 38.8 Å². The van der Waals surface area contributed by atoms with Gasteiger partial charge in [0, 0.05) is 22.5 Å². The molecule has 0 saturated carbocycles. The van der Waals surface area contributed by atoms with E-state index in [9.17, 15) is 4.79 Å². The molecule has 2 aliphatic rings. The minimum absolute atomic E-state index is 0.170. The summed E-state index contributed by atoms with van der Waals surface area (Å²) in [6.45, 7) is 1.41. The molecule has 2 heterocycles. The van der Waals surface area contributed by atoms with Crippen molar-refractivity contribution >= 4 is 39.1 Å². The molecule has 1 saturated heterocycles. The molecule has 1 fully saturated rings. The first-order valence-electron chi connectivity index (χ1n) is 5.65. The third-order valence-corrected chi connectivity index (χ3v) is 3.72. The Bertz CT molecular complexity index is 502. The van der Waals surface area contributed by atoms with E-state index in [4.69, 9.17) is 21.1 Å². The summed E-state index contributed by atoms with van der Waals surface area (Å²) in [5.74, 6) is -1.42. The molecular weight excluding hydrogens is 321 g/mol. The first kappa shape index (κ1) is 12.4. The van der Waals surface area contributed by atoms with Crippen molar-refractivity contribution in [1.29, 1.82) is 0 Å². The van der Waals surface area contributed by atoms with Gasteiger partial charge in [-0.15, -0.1) is 0 Å². The molecule has 0 aliphatic carbocycles. The zero-order valence-electron chi connectivity index (χ0n) is 9.49. The van der Waals surface area contributed by atoms with Crippen molar-refractivity contribution < 1.29 is 14.3 Å². The van der Waals surface area contributed by atoms with Gasteiger partial charge >= 0.3 is 0 Å². The van der Waals surface area contributed by atoms with E-state index in [-0.39, 0.29) is 5.91 Å². The number of rotatable bonds is 2. The Morgan fingerprint density at radius 1 is 1.39 bits per heavy atom. The van der Waals surface area contributed by atoms with E-state index < -0.39 is 5.79 Å². The van der Waals surface area contributed by atoms with Crippen molar-refractivity contribution in [3.05, 3.63) is 28.8 Å². The second-order valence-electron chi connectivity index (χ2n) is 4.12. The second-order valence-corrected chi connectivity index (χ2v) is 5.35. The summed E-state index contributed by atoms with van der Waals surface area (Å²) < 4.78 is 11.2. The number of carbonyl (C=O) groups excluding carboxylic acids is 1. The van der Waals surface area contributed by atoms with E-state index in [2.05, 4.69) is 15.9 Å². The summed E-state index contributed by atoms with van der Waals surface area (Å²) in [7, 11) is 0. The van der Waals surface area contributed by atoms with Crippen LogP contribution in [0.2, 0.25) is 5.02 Å². The smallest absolute Gasteiger partial charge is 0.292 e. The van der Waals surface area contributed by atoms with Crippen molar-refractivity contribution in [3.8, 4) is 0 Å². The summed E-state index contributed by atoms with van der Waals surface area (Å²) in [6, 6.07) is 5.32. The van der Waals surface area contributed by atoms with Crippen LogP contribution in [0.4, 0.5) is 5.69 Å². The lowest BCUT2D eigenvalue weighted by Crippen LogP contribution is -2.41. The molecule has 1 amide bonds. The van der Waals surface area contributed by atoms with Gasteiger partial charge in [0.25, 0.3) is 11.7 Å². The van der Waals surface area contributed by atoms with Gasteiger partial charge in [-0.05, 0) is 18.2 Å². The Morgan fingerprint density at radius 2 is 2.11 bits per heavy atom. The van der Waals surface area contributed by atoms with Gasteiger partial charge in [0.2, 0.25) is 0 Å². The maximum atomic E-state index is 12.5.